The largest absolute Gasteiger partial charge is 0.441 e. The zero-order chi connectivity index (χ0) is 16.9. The number of aryl methyl sites for hydroxylation is 1. The van der Waals surface area contributed by atoms with Gasteiger partial charge in [-0.05, 0) is 24.3 Å². The summed E-state index contributed by atoms with van der Waals surface area (Å²) < 4.78 is 32.6. The maximum absolute atomic E-state index is 13.7. The number of halogens is 2. The molecule has 3 aromatic rings. The van der Waals surface area contributed by atoms with Crippen LogP contribution in [0.2, 0.25) is 0 Å². The molecule has 1 aromatic heterocycles. The van der Waals surface area contributed by atoms with E-state index in [1.54, 1.807) is 30.3 Å². The van der Waals surface area contributed by atoms with Gasteiger partial charge in [-0.15, -0.1) is 0 Å². The minimum atomic E-state index is -0.496. The monoisotopic (exact) mass is 328 g/mol. The molecule has 0 fully saturated rings. The van der Waals surface area contributed by atoms with E-state index in [-0.39, 0.29) is 24.4 Å². The molecule has 0 saturated carbocycles. The van der Waals surface area contributed by atoms with E-state index in [0.717, 1.165) is 0 Å². The summed E-state index contributed by atoms with van der Waals surface area (Å²) in [6.07, 6.45) is 1.73. The van der Waals surface area contributed by atoms with Gasteiger partial charge in [0.1, 0.15) is 11.6 Å². The first kappa shape index (κ1) is 15.9. The van der Waals surface area contributed by atoms with Gasteiger partial charge in [0.25, 0.3) is 0 Å². The smallest absolute Gasteiger partial charge is 0.224 e. The molecule has 0 spiro atoms. The summed E-state index contributed by atoms with van der Waals surface area (Å²) in [4.78, 5) is 15.9. The van der Waals surface area contributed by atoms with Gasteiger partial charge >= 0.3 is 0 Å². The average molecular weight is 328 g/mol. The fourth-order valence-corrected chi connectivity index (χ4v) is 2.21. The van der Waals surface area contributed by atoms with Gasteiger partial charge in [-0.1, -0.05) is 24.3 Å². The highest BCUT2D eigenvalue weighted by Crippen LogP contribution is 2.23. The Morgan fingerprint density at radius 3 is 2.50 bits per heavy atom. The molecule has 6 heteroatoms. The highest BCUT2D eigenvalue weighted by atomic mass is 19.1. The Labute approximate surface area is 137 Å². The summed E-state index contributed by atoms with van der Waals surface area (Å²) in [6.45, 7) is 0. The van der Waals surface area contributed by atoms with Crippen molar-refractivity contribution in [3.05, 3.63) is 72.3 Å². The van der Waals surface area contributed by atoms with Crippen molar-refractivity contribution in [1.29, 1.82) is 0 Å². The number of amides is 1. The molecule has 0 bridgehead atoms. The van der Waals surface area contributed by atoms with Crippen LogP contribution in [-0.2, 0) is 11.2 Å². The van der Waals surface area contributed by atoms with Gasteiger partial charge in [0.05, 0.1) is 17.4 Å². The first-order valence-corrected chi connectivity index (χ1v) is 7.37. The Morgan fingerprint density at radius 2 is 1.75 bits per heavy atom. The zero-order valence-corrected chi connectivity index (χ0v) is 12.6. The molecule has 0 saturated heterocycles. The van der Waals surface area contributed by atoms with Crippen molar-refractivity contribution in [3.63, 3.8) is 0 Å². The standard InChI is InChI=1S/C18H14F2N2O2/c19-13-6-2-1-5-12(13)16-11-21-18(24-16)10-9-17(23)22-15-8-4-3-7-14(15)20/h1-8,11H,9-10H2,(H,22,23). The van der Waals surface area contributed by atoms with Crippen molar-refractivity contribution in [3.8, 4) is 11.3 Å². The van der Waals surface area contributed by atoms with Gasteiger partial charge in [0.2, 0.25) is 5.91 Å². The molecule has 0 atom stereocenters. The topological polar surface area (TPSA) is 55.1 Å². The summed E-state index contributed by atoms with van der Waals surface area (Å²) in [5.41, 5.74) is 0.439. The molecule has 0 aliphatic carbocycles. The number of hydrogen-bond donors (Lipinski definition) is 1. The van der Waals surface area contributed by atoms with Crippen LogP contribution in [0.25, 0.3) is 11.3 Å². The zero-order valence-electron chi connectivity index (χ0n) is 12.6. The highest BCUT2D eigenvalue weighted by molar-refractivity contribution is 5.90. The maximum atomic E-state index is 13.7. The normalized spacial score (nSPS) is 10.6. The molecular formula is C18H14F2N2O2. The van der Waals surface area contributed by atoms with Crippen molar-refractivity contribution in [2.75, 3.05) is 5.32 Å². The Morgan fingerprint density at radius 1 is 1.04 bits per heavy atom. The van der Waals surface area contributed by atoms with Crippen molar-refractivity contribution in [1.82, 2.24) is 4.98 Å². The number of carbonyl (C=O) groups is 1. The number of anilines is 1. The van der Waals surface area contributed by atoms with Crippen LogP contribution in [0.3, 0.4) is 0 Å². The van der Waals surface area contributed by atoms with Gasteiger partial charge in [-0.25, -0.2) is 13.8 Å². The van der Waals surface area contributed by atoms with Gasteiger partial charge in [0.15, 0.2) is 11.7 Å². The highest BCUT2D eigenvalue weighted by Gasteiger charge is 2.12. The molecule has 1 amide bonds. The number of nitrogens with one attached hydrogen (secondary N) is 1. The summed E-state index contributed by atoms with van der Waals surface area (Å²) in [5.74, 6) is -0.637. The van der Waals surface area contributed by atoms with Gasteiger partial charge in [-0.3, -0.25) is 4.79 Å². The van der Waals surface area contributed by atoms with E-state index in [2.05, 4.69) is 10.3 Å². The maximum Gasteiger partial charge on any atom is 0.224 e. The quantitative estimate of drug-likeness (QED) is 0.764. The molecule has 122 valence electrons. The third kappa shape index (κ3) is 3.65. The SMILES string of the molecule is O=C(CCc1ncc(-c2ccccc2F)o1)Nc1ccccc1F. The lowest BCUT2D eigenvalue weighted by molar-refractivity contribution is -0.116. The van der Waals surface area contributed by atoms with Crippen LogP contribution in [0.15, 0.2) is 59.1 Å². The number of oxazole rings is 1. The molecule has 0 radical (unpaired) electrons. The summed E-state index contributed by atoms with van der Waals surface area (Å²) in [7, 11) is 0. The number of nitrogens with zero attached hydrogens (tertiary/aromatic N) is 1. The first-order valence-electron chi connectivity index (χ1n) is 7.37. The second-order valence-electron chi connectivity index (χ2n) is 5.13. The molecule has 2 aromatic carbocycles. The minimum Gasteiger partial charge on any atom is -0.441 e. The molecule has 0 aliphatic rings. The van der Waals surface area contributed by atoms with Crippen LogP contribution >= 0.6 is 0 Å². The predicted molar refractivity (Wildman–Crippen MR) is 85.2 cm³/mol. The number of para-hydroxylation sites is 1. The van der Waals surface area contributed by atoms with Gasteiger partial charge in [-0.2, -0.15) is 0 Å². The van der Waals surface area contributed by atoms with Crippen molar-refractivity contribution >= 4 is 11.6 Å². The molecule has 1 N–H and O–H groups in total. The van der Waals surface area contributed by atoms with E-state index >= 15 is 0 Å². The lowest BCUT2D eigenvalue weighted by Crippen LogP contribution is -2.13. The number of rotatable bonds is 5. The van der Waals surface area contributed by atoms with E-state index in [4.69, 9.17) is 4.42 Å². The molecule has 4 nitrogen and oxygen atoms in total. The molecule has 0 aliphatic heterocycles. The van der Waals surface area contributed by atoms with Crippen LogP contribution in [0.5, 0.6) is 0 Å². The first-order chi connectivity index (χ1) is 11.6. The van der Waals surface area contributed by atoms with Crippen molar-refractivity contribution in [2.45, 2.75) is 12.8 Å². The van der Waals surface area contributed by atoms with Crippen molar-refractivity contribution < 1.29 is 18.0 Å². The fourth-order valence-electron chi connectivity index (χ4n) is 2.21. The summed E-state index contributed by atoms with van der Waals surface area (Å²) in [5, 5.41) is 2.48. The predicted octanol–water partition coefficient (Wildman–Crippen LogP) is 4.19. The summed E-state index contributed by atoms with van der Waals surface area (Å²) >= 11 is 0. The number of carbonyl (C=O) groups excluding carboxylic acids is 1. The number of aromatic nitrogens is 1. The molecule has 1 heterocycles. The van der Waals surface area contributed by atoms with E-state index in [0.29, 0.717) is 17.2 Å². The van der Waals surface area contributed by atoms with E-state index in [9.17, 15) is 13.6 Å². The average Bonchev–Trinajstić information content (AvgIpc) is 3.04. The van der Waals surface area contributed by atoms with Gasteiger partial charge < -0.3 is 9.73 Å². The third-order valence-electron chi connectivity index (χ3n) is 3.41. The number of benzene rings is 2. The van der Waals surface area contributed by atoms with E-state index in [1.165, 1.54) is 24.4 Å². The third-order valence-corrected chi connectivity index (χ3v) is 3.41. The molecule has 3 rings (SSSR count). The van der Waals surface area contributed by atoms with Crippen LogP contribution in [-0.4, -0.2) is 10.9 Å². The molecule has 0 unspecified atom stereocenters. The fraction of sp³-hybridized carbons (Fsp3) is 0.111. The molecular weight excluding hydrogens is 314 g/mol. The lowest BCUT2D eigenvalue weighted by Gasteiger charge is -2.05. The van der Waals surface area contributed by atoms with Crippen molar-refractivity contribution in [2.24, 2.45) is 0 Å². The Hall–Kier alpha value is -3.02. The summed E-state index contributed by atoms with van der Waals surface area (Å²) in [6, 6.07) is 12.1. The second kappa shape index (κ2) is 7.04. The number of hydrogen-bond acceptors (Lipinski definition) is 3. The minimum absolute atomic E-state index is 0.0750. The molecule has 24 heavy (non-hydrogen) atoms. The lowest BCUT2D eigenvalue weighted by atomic mass is 10.2. The van der Waals surface area contributed by atoms with Crippen LogP contribution < -0.4 is 5.32 Å². The van der Waals surface area contributed by atoms with E-state index in [1.807, 2.05) is 0 Å². The Kier molecular flexibility index (Phi) is 4.65. The Balaban J connectivity index is 1.61. The Bertz CT molecular complexity index is 861. The second-order valence-corrected chi connectivity index (χ2v) is 5.13. The van der Waals surface area contributed by atoms with Crippen LogP contribution in [0.1, 0.15) is 12.3 Å². The van der Waals surface area contributed by atoms with Crippen LogP contribution in [0, 0.1) is 11.6 Å². The van der Waals surface area contributed by atoms with Crippen LogP contribution in [0.4, 0.5) is 14.5 Å². The van der Waals surface area contributed by atoms with E-state index < -0.39 is 11.6 Å². The van der Waals surface area contributed by atoms with Gasteiger partial charge in [0, 0.05) is 12.8 Å².